The van der Waals surface area contributed by atoms with Gasteiger partial charge in [-0.2, -0.15) is 0 Å². The molecule has 2 rings (SSSR count). The van der Waals surface area contributed by atoms with E-state index >= 15 is 0 Å². The molecule has 1 N–H and O–H groups in total. The number of ether oxygens (including phenoxy) is 1. The zero-order chi connectivity index (χ0) is 14.7. The molecule has 20 heavy (non-hydrogen) atoms. The van der Waals surface area contributed by atoms with E-state index in [0.717, 1.165) is 24.7 Å². The molecule has 0 aromatic heterocycles. The first-order chi connectivity index (χ1) is 9.45. The van der Waals surface area contributed by atoms with Gasteiger partial charge in [-0.05, 0) is 31.5 Å². The van der Waals surface area contributed by atoms with Crippen LogP contribution in [0.5, 0.6) is 0 Å². The monoisotopic (exact) mass is 296 g/mol. The van der Waals surface area contributed by atoms with Gasteiger partial charge in [0.1, 0.15) is 0 Å². The number of halogens is 1. The lowest BCUT2D eigenvalue weighted by Crippen LogP contribution is -2.46. The standard InChI is InChI=1S/C16H25ClN2O/c1-11(2)18-8-14-5-6-15(17)7-16(14)19-9-12(3)20-13(4)10-19/h5-7,11-13,18H,8-10H2,1-4H3. The molecular weight excluding hydrogens is 272 g/mol. The van der Waals surface area contributed by atoms with Crippen LogP contribution in [0.2, 0.25) is 5.02 Å². The first-order valence-electron chi connectivity index (χ1n) is 7.38. The number of benzene rings is 1. The molecule has 112 valence electrons. The molecule has 1 fully saturated rings. The summed E-state index contributed by atoms with van der Waals surface area (Å²) < 4.78 is 5.82. The number of anilines is 1. The molecule has 0 aliphatic carbocycles. The highest BCUT2D eigenvalue weighted by Crippen LogP contribution is 2.28. The van der Waals surface area contributed by atoms with Gasteiger partial charge in [0.05, 0.1) is 12.2 Å². The molecule has 1 heterocycles. The maximum Gasteiger partial charge on any atom is 0.0726 e. The Kier molecular flexibility index (Phi) is 5.30. The van der Waals surface area contributed by atoms with Crippen LogP contribution in [-0.2, 0) is 11.3 Å². The largest absolute Gasteiger partial charge is 0.372 e. The second-order valence-electron chi connectivity index (χ2n) is 5.97. The highest BCUT2D eigenvalue weighted by molar-refractivity contribution is 6.30. The minimum absolute atomic E-state index is 0.253. The second-order valence-corrected chi connectivity index (χ2v) is 6.41. The summed E-state index contributed by atoms with van der Waals surface area (Å²) in [6.45, 7) is 11.3. The van der Waals surface area contributed by atoms with E-state index in [1.807, 2.05) is 6.07 Å². The predicted octanol–water partition coefficient (Wildman–Crippen LogP) is 3.45. The second kappa shape index (κ2) is 6.79. The normalized spacial score (nSPS) is 23.4. The highest BCUT2D eigenvalue weighted by atomic mass is 35.5. The van der Waals surface area contributed by atoms with Crippen molar-refractivity contribution in [3.63, 3.8) is 0 Å². The zero-order valence-electron chi connectivity index (χ0n) is 12.8. The number of hydrogen-bond donors (Lipinski definition) is 1. The molecule has 3 nitrogen and oxygen atoms in total. The van der Waals surface area contributed by atoms with Gasteiger partial charge in [0.15, 0.2) is 0 Å². The molecule has 0 bridgehead atoms. The summed E-state index contributed by atoms with van der Waals surface area (Å²) in [6.07, 6.45) is 0.507. The van der Waals surface area contributed by atoms with Crippen molar-refractivity contribution in [3.05, 3.63) is 28.8 Å². The number of morpholine rings is 1. The van der Waals surface area contributed by atoms with Gasteiger partial charge in [-0.1, -0.05) is 31.5 Å². The van der Waals surface area contributed by atoms with Crippen molar-refractivity contribution in [3.8, 4) is 0 Å². The highest BCUT2D eigenvalue weighted by Gasteiger charge is 2.24. The van der Waals surface area contributed by atoms with Gasteiger partial charge in [0.2, 0.25) is 0 Å². The third-order valence-electron chi connectivity index (χ3n) is 3.51. The summed E-state index contributed by atoms with van der Waals surface area (Å²) >= 11 is 6.19. The van der Waals surface area contributed by atoms with Crippen LogP contribution in [0.1, 0.15) is 33.3 Å². The molecule has 2 unspecified atom stereocenters. The van der Waals surface area contributed by atoms with Gasteiger partial charge in [-0.3, -0.25) is 0 Å². The fourth-order valence-electron chi connectivity index (χ4n) is 2.67. The Bertz CT molecular complexity index is 440. The van der Waals surface area contributed by atoms with E-state index in [9.17, 15) is 0 Å². The summed E-state index contributed by atoms with van der Waals surface area (Å²) in [5.74, 6) is 0. The SMILES string of the molecule is CC(C)NCc1ccc(Cl)cc1N1CC(C)OC(C)C1. The first kappa shape index (κ1) is 15.6. The lowest BCUT2D eigenvalue weighted by molar-refractivity contribution is -0.00526. The maximum absolute atomic E-state index is 6.19. The molecule has 0 radical (unpaired) electrons. The van der Waals surface area contributed by atoms with Crippen LogP contribution >= 0.6 is 11.6 Å². The van der Waals surface area contributed by atoms with Crippen molar-refractivity contribution in [2.75, 3.05) is 18.0 Å². The average Bonchev–Trinajstić information content (AvgIpc) is 2.36. The van der Waals surface area contributed by atoms with E-state index in [2.05, 4.69) is 50.0 Å². The summed E-state index contributed by atoms with van der Waals surface area (Å²) in [7, 11) is 0. The minimum Gasteiger partial charge on any atom is -0.372 e. The van der Waals surface area contributed by atoms with Crippen molar-refractivity contribution in [1.29, 1.82) is 0 Å². The molecule has 0 spiro atoms. The molecule has 0 saturated carbocycles. The molecule has 2 atom stereocenters. The molecule has 1 aromatic rings. The maximum atomic E-state index is 6.19. The first-order valence-corrected chi connectivity index (χ1v) is 7.75. The van der Waals surface area contributed by atoms with E-state index in [4.69, 9.17) is 16.3 Å². The van der Waals surface area contributed by atoms with Crippen LogP contribution in [0, 0.1) is 0 Å². The van der Waals surface area contributed by atoms with Gasteiger partial charge < -0.3 is 15.0 Å². The summed E-state index contributed by atoms with van der Waals surface area (Å²) in [5, 5.41) is 4.27. The predicted molar refractivity (Wildman–Crippen MR) is 85.6 cm³/mol. The topological polar surface area (TPSA) is 24.5 Å². The molecule has 0 amide bonds. The molecule has 1 aliphatic heterocycles. The smallest absolute Gasteiger partial charge is 0.0726 e. The van der Waals surface area contributed by atoms with Crippen LogP contribution < -0.4 is 10.2 Å². The van der Waals surface area contributed by atoms with E-state index < -0.39 is 0 Å². The Morgan fingerprint density at radius 1 is 1.30 bits per heavy atom. The third-order valence-corrected chi connectivity index (χ3v) is 3.74. The Hall–Kier alpha value is -0.770. The number of hydrogen-bond acceptors (Lipinski definition) is 3. The lowest BCUT2D eigenvalue weighted by Gasteiger charge is -2.38. The minimum atomic E-state index is 0.253. The van der Waals surface area contributed by atoms with E-state index in [0.29, 0.717) is 6.04 Å². The summed E-state index contributed by atoms with van der Waals surface area (Å²) in [5.41, 5.74) is 2.53. The van der Waals surface area contributed by atoms with Crippen LogP contribution in [0.25, 0.3) is 0 Å². The van der Waals surface area contributed by atoms with E-state index in [1.165, 1.54) is 11.3 Å². The van der Waals surface area contributed by atoms with Crippen LogP contribution in [0.4, 0.5) is 5.69 Å². The number of nitrogens with zero attached hydrogens (tertiary/aromatic N) is 1. The Morgan fingerprint density at radius 3 is 2.55 bits per heavy atom. The van der Waals surface area contributed by atoms with E-state index in [-0.39, 0.29) is 12.2 Å². The van der Waals surface area contributed by atoms with E-state index in [1.54, 1.807) is 0 Å². The summed E-state index contributed by atoms with van der Waals surface area (Å²) in [4.78, 5) is 2.39. The zero-order valence-corrected chi connectivity index (χ0v) is 13.6. The van der Waals surface area contributed by atoms with Crippen LogP contribution in [0.15, 0.2) is 18.2 Å². The van der Waals surface area contributed by atoms with Crippen molar-refractivity contribution in [2.45, 2.75) is 52.5 Å². The fourth-order valence-corrected chi connectivity index (χ4v) is 2.84. The fraction of sp³-hybridized carbons (Fsp3) is 0.625. The number of rotatable bonds is 4. The Balaban J connectivity index is 2.21. The van der Waals surface area contributed by atoms with Crippen molar-refractivity contribution >= 4 is 17.3 Å². The number of nitrogens with one attached hydrogen (secondary N) is 1. The van der Waals surface area contributed by atoms with Crippen molar-refractivity contribution < 1.29 is 4.74 Å². The Labute approximate surface area is 127 Å². The quantitative estimate of drug-likeness (QED) is 0.921. The van der Waals surface area contributed by atoms with Gasteiger partial charge >= 0.3 is 0 Å². The average molecular weight is 297 g/mol. The Morgan fingerprint density at radius 2 is 1.95 bits per heavy atom. The molecule has 1 aliphatic rings. The van der Waals surface area contributed by atoms with Gasteiger partial charge in [-0.15, -0.1) is 0 Å². The van der Waals surface area contributed by atoms with Crippen LogP contribution in [-0.4, -0.2) is 31.3 Å². The summed E-state index contributed by atoms with van der Waals surface area (Å²) in [6, 6.07) is 6.64. The molecular formula is C16H25ClN2O. The van der Waals surface area contributed by atoms with Crippen molar-refractivity contribution in [2.24, 2.45) is 0 Å². The van der Waals surface area contributed by atoms with Gasteiger partial charge in [-0.25, -0.2) is 0 Å². The lowest BCUT2D eigenvalue weighted by atomic mass is 10.1. The van der Waals surface area contributed by atoms with Gasteiger partial charge in [0.25, 0.3) is 0 Å². The molecule has 4 heteroatoms. The van der Waals surface area contributed by atoms with Crippen LogP contribution in [0.3, 0.4) is 0 Å². The molecule has 1 saturated heterocycles. The molecule has 1 aromatic carbocycles. The van der Waals surface area contributed by atoms with Gasteiger partial charge in [0, 0.05) is 36.4 Å². The van der Waals surface area contributed by atoms with Crippen molar-refractivity contribution in [1.82, 2.24) is 5.32 Å². The third kappa shape index (κ3) is 4.11.